The monoisotopic (exact) mass is 371 g/mol. The van der Waals surface area contributed by atoms with Crippen LogP contribution < -0.4 is 10.1 Å². The van der Waals surface area contributed by atoms with Crippen molar-refractivity contribution < 1.29 is 23.8 Å². The first-order valence-corrected chi connectivity index (χ1v) is 7.47. The molecule has 0 fully saturated rings. The van der Waals surface area contributed by atoms with E-state index in [-0.39, 0.29) is 11.3 Å². The van der Waals surface area contributed by atoms with Crippen LogP contribution in [0.2, 0.25) is 10.0 Å². The maximum Gasteiger partial charge on any atom is 0.330 e. The summed E-state index contributed by atoms with van der Waals surface area (Å²) >= 11 is 11.6. The third-order valence-corrected chi connectivity index (χ3v) is 3.40. The molecule has 24 heavy (non-hydrogen) atoms. The Kier molecular flexibility index (Phi) is 6.00. The van der Waals surface area contributed by atoms with Crippen molar-refractivity contribution in [2.45, 2.75) is 6.04 Å². The summed E-state index contributed by atoms with van der Waals surface area (Å²) in [7, 11) is 0. The molecule has 2 aromatic carbocycles. The van der Waals surface area contributed by atoms with Crippen molar-refractivity contribution in [2.75, 3.05) is 6.61 Å². The van der Waals surface area contributed by atoms with Crippen molar-refractivity contribution >= 4 is 35.1 Å². The predicted molar refractivity (Wildman–Crippen MR) is 86.9 cm³/mol. The van der Waals surface area contributed by atoms with Crippen molar-refractivity contribution in [1.82, 2.24) is 5.32 Å². The van der Waals surface area contributed by atoms with Crippen molar-refractivity contribution in [3.05, 3.63) is 63.9 Å². The Hall–Kier alpha value is -2.31. The van der Waals surface area contributed by atoms with E-state index in [0.717, 1.165) is 12.1 Å². The van der Waals surface area contributed by atoms with Gasteiger partial charge >= 0.3 is 5.97 Å². The molecule has 8 heteroatoms. The molecular formula is C16H12Cl2FNO4. The van der Waals surface area contributed by atoms with E-state index >= 15 is 0 Å². The number of amides is 1. The fraction of sp³-hybridized carbons (Fsp3) is 0.125. The summed E-state index contributed by atoms with van der Waals surface area (Å²) in [6, 6.07) is 7.92. The van der Waals surface area contributed by atoms with E-state index in [1.165, 1.54) is 30.3 Å². The topological polar surface area (TPSA) is 75.6 Å². The van der Waals surface area contributed by atoms with Gasteiger partial charge in [-0.25, -0.2) is 9.18 Å². The highest BCUT2D eigenvalue weighted by atomic mass is 35.5. The second-order valence-electron chi connectivity index (χ2n) is 4.78. The number of ether oxygens (including phenoxy) is 1. The van der Waals surface area contributed by atoms with Crippen LogP contribution in [-0.4, -0.2) is 23.6 Å². The van der Waals surface area contributed by atoms with E-state index < -0.39 is 30.3 Å². The molecule has 0 unspecified atom stereocenters. The molecule has 5 nitrogen and oxygen atoms in total. The first kappa shape index (κ1) is 18.0. The highest BCUT2D eigenvalue weighted by Gasteiger charge is 2.22. The Morgan fingerprint density at radius 2 is 1.71 bits per heavy atom. The molecule has 0 aliphatic heterocycles. The van der Waals surface area contributed by atoms with Gasteiger partial charge in [0.25, 0.3) is 5.91 Å². The summed E-state index contributed by atoms with van der Waals surface area (Å²) < 4.78 is 18.1. The Balaban J connectivity index is 2.00. The Bertz CT molecular complexity index is 732. The van der Waals surface area contributed by atoms with Gasteiger partial charge in [-0.3, -0.25) is 4.79 Å². The number of carbonyl (C=O) groups is 2. The number of carbonyl (C=O) groups excluding carboxylic acids is 1. The predicted octanol–water partition coefficient (Wildman–Crippen LogP) is 3.45. The number of carboxylic acids is 1. The lowest BCUT2D eigenvalue weighted by Gasteiger charge is -2.15. The van der Waals surface area contributed by atoms with Crippen molar-refractivity contribution in [2.24, 2.45) is 0 Å². The molecule has 126 valence electrons. The summed E-state index contributed by atoms with van der Waals surface area (Å²) in [5, 5.41) is 12.2. The van der Waals surface area contributed by atoms with Crippen LogP contribution in [0.15, 0.2) is 42.5 Å². The van der Waals surface area contributed by atoms with Crippen LogP contribution in [-0.2, 0) is 9.59 Å². The highest BCUT2D eigenvalue weighted by molar-refractivity contribution is 6.34. The van der Waals surface area contributed by atoms with Gasteiger partial charge in [0.2, 0.25) is 0 Å². The second kappa shape index (κ2) is 7.99. The number of hydrogen-bond donors (Lipinski definition) is 2. The molecule has 1 atom stereocenters. The number of benzene rings is 2. The molecule has 0 aromatic heterocycles. The first-order valence-electron chi connectivity index (χ1n) is 6.71. The molecule has 0 saturated heterocycles. The van der Waals surface area contributed by atoms with Crippen LogP contribution in [0.4, 0.5) is 4.39 Å². The summed E-state index contributed by atoms with van der Waals surface area (Å²) in [6.07, 6.45) is 0. The van der Waals surface area contributed by atoms with Crippen LogP contribution in [0.5, 0.6) is 5.75 Å². The summed E-state index contributed by atoms with van der Waals surface area (Å²) in [4.78, 5) is 23.2. The maximum absolute atomic E-state index is 12.9. The van der Waals surface area contributed by atoms with E-state index in [1.807, 2.05) is 0 Å². The minimum absolute atomic E-state index is 0.239. The minimum Gasteiger partial charge on any atom is -0.484 e. The molecule has 0 bridgehead atoms. The standard InChI is InChI=1S/C16H12Cl2FNO4/c17-10-5-11(18)7-13(6-10)24-8-14(21)20-15(16(22)23)9-1-3-12(19)4-2-9/h1-7,15H,8H2,(H,20,21)(H,22,23)/t15-/m0/s1. The lowest BCUT2D eigenvalue weighted by Crippen LogP contribution is -2.36. The van der Waals surface area contributed by atoms with E-state index in [2.05, 4.69) is 5.32 Å². The van der Waals surface area contributed by atoms with Gasteiger partial charge in [-0.15, -0.1) is 0 Å². The number of halogens is 3. The summed E-state index contributed by atoms with van der Waals surface area (Å²) in [5.41, 5.74) is 0.239. The Morgan fingerprint density at radius 3 is 2.25 bits per heavy atom. The largest absolute Gasteiger partial charge is 0.484 e. The smallest absolute Gasteiger partial charge is 0.330 e. The molecule has 0 spiro atoms. The van der Waals surface area contributed by atoms with Crippen LogP contribution in [0.3, 0.4) is 0 Å². The number of carboxylic acid groups (broad SMARTS) is 1. The molecule has 0 aliphatic carbocycles. The number of rotatable bonds is 6. The SMILES string of the molecule is O=C(COc1cc(Cl)cc(Cl)c1)N[C@H](C(=O)O)c1ccc(F)cc1. The first-order chi connectivity index (χ1) is 11.3. The van der Waals surface area contributed by atoms with Crippen molar-refractivity contribution in [3.8, 4) is 5.75 Å². The molecular weight excluding hydrogens is 360 g/mol. The number of hydrogen-bond acceptors (Lipinski definition) is 3. The van der Waals surface area contributed by atoms with Gasteiger partial charge in [-0.05, 0) is 35.9 Å². The summed E-state index contributed by atoms with van der Waals surface area (Å²) in [5.74, 6) is -2.17. The van der Waals surface area contributed by atoms with Crippen LogP contribution in [0, 0.1) is 5.82 Å². The zero-order valence-electron chi connectivity index (χ0n) is 12.1. The van der Waals surface area contributed by atoms with Crippen LogP contribution in [0.25, 0.3) is 0 Å². The molecule has 0 saturated carbocycles. The molecule has 2 aromatic rings. The van der Waals surface area contributed by atoms with Gasteiger partial charge in [-0.1, -0.05) is 35.3 Å². The fourth-order valence-corrected chi connectivity index (χ4v) is 2.41. The van der Waals surface area contributed by atoms with Gasteiger partial charge in [0.15, 0.2) is 12.6 Å². The average Bonchev–Trinajstić information content (AvgIpc) is 2.50. The number of aliphatic carboxylic acids is 1. The lowest BCUT2D eigenvalue weighted by atomic mass is 10.1. The maximum atomic E-state index is 12.9. The molecule has 0 heterocycles. The molecule has 0 radical (unpaired) electrons. The van der Waals surface area contributed by atoms with Gasteiger partial charge in [0.1, 0.15) is 11.6 Å². The van der Waals surface area contributed by atoms with Crippen LogP contribution >= 0.6 is 23.2 Å². The second-order valence-corrected chi connectivity index (χ2v) is 5.66. The third kappa shape index (κ3) is 5.11. The third-order valence-electron chi connectivity index (χ3n) is 2.96. The Labute approximate surface area is 147 Å². The minimum atomic E-state index is -1.32. The van der Waals surface area contributed by atoms with E-state index in [4.69, 9.17) is 27.9 Å². The van der Waals surface area contributed by atoms with E-state index in [1.54, 1.807) is 0 Å². The fourth-order valence-electron chi connectivity index (χ4n) is 1.91. The molecule has 2 rings (SSSR count). The molecule has 0 aliphatic rings. The summed E-state index contributed by atoms with van der Waals surface area (Å²) in [6.45, 7) is -0.429. The van der Waals surface area contributed by atoms with Crippen molar-refractivity contribution in [3.63, 3.8) is 0 Å². The highest BCUT2D eigenvalue weighted by Crippen LogP contribution is 2.24. The van der Waals surface area contributed by atoms with Gasteiger partial charge in [-0.2, -0.15) is 0 Å². The van der Waals surface area contributed by atoms with Gasteiger partial charge in [0.05, 0.1) is 0 Å². The molecule has 1 amide bonds. The zero-order chi connectivity index (χ0) is 17.7. The number of nitrogens with one attached hydrogen (secondary N) is 1. The van der Waals surface area contributed by atoms with Crippen molar-refractivity contribution in [1.29, 1.82) is 0 Å². The van der Waals surface area contributed by atoms with E-state index in [9.17, 15) is 19.1 Å². The zero-order valence-corrected chi connectivity index (χ0v) is 13.6. The van der Waals surface area contributed by atoms with Crippen LogP contribution in [0.1, 0.15) is 11.6 Å². The normalized spacial score (nSPS) is 11.6. The van der Waals surface area contributed by atoms with Gasteiger partial charge < -0.3 is 15.2 Å². The average molecular weight is 372 g/mol. The molecule has 2 N–H and O–H groups in total. The quantitative estimate of drug-likeness (QED) is 0.815. The lowest BCUT2D eigenvalue weighted by molar-refractivity contribution is -0.142. The van der Waals surface area contributed by atoms with E-state index in [0.29, 0.717) is 10.0 Å². The van der Waals surface area contributed by atoms with Gasteiger partial charge in [0, 0.05) is 10.0 Å². The Morgan fingerprint density at radius 1 is 1.12 bits per heavy atom.